The number of carbonyl (C=O) groups excluding carboxylic acids is 1. The Kier molecular flexibility index (Phi) is 4.81. The molecule has 0 radical (unpaired) electrons. The predicted molar refractivity (Wildman–Crippen MR) is 48.3 cm³/mol. The Morgan fingerprint density at radius 1 is 1.54 bits per heavy atom. The molecule has 0 aliphatic rings. The summed E-state index contributed by atoms with van der Waals surface area (Å²) in [5, 5.41) is 0. The second-order valence-electron chi connectivity index (χ2n) is 2.36. The van der Waals surface area contributed by atoms with Gasteiger partial charge in [-0.1, -0.05) is 0 Å². The summed E-state index contributed by atoms with van der Waals surface area (Å²) >= 11 is 0.600. The van der Waals surface area contributed by atoms with Crippen LogP contribution in [0, 0.1) is 0 Å². The van der Waals surface area contributed by atoms with Crippen molar-refractivity contribution in [1.29, 1.82) is 0 Å². The fraction of sp³-hybridized carbons (Fsp3) is 0.222. The molecule has 2 nitrogen and oxygen atoms in total. The van der Waals surface area contributed by atoms with Gasteiger partial charge in [0.25, 0.3) is 0 Å². The molecule has 0 fully saturated rings. The van der Waals surface area contributed by atoms with Gasteiger partial charge < -0.3 is 0 Å². The third-order valence-corrected chi connectivity index (χ3v) is 5.83. The first-order chi connectivity index (χ1) is 6.29. The Morgan fingerprint density at radius 3 is 2.85 bits per heavy atom. The first-order valence-electron chi connectivity index (χ1n) is 3.97. The molecule has 0 amide bonds. The first kappa shape index (κ1) is 11.1. The van der Waals surface area contributed by atoms with Gasteiger partial charge in [-0.2, -0.15) is 0 Å². The standard InChI is InChI=1S/C9H10O2S.Hg/c1-2-11-9(10)7-5-3-4-6-8(7)12;/h3-6,12H,2H2,1H3;/q;+1/p-1. The Labute approximate surface area is 96.1 Å². The van der Waals surface area contributed by atoms with Gasteiger partial charge in [0.05, 0.1) is 0 Å². The van der Waals surface area contributed by atoms with E-state index < -0.39 is 0 Å². The number of benzene rings is 1. The summed E-state index contributed by atoms with van der Waals surface area (Å²) in [6.07, 6.45) is 0. The van der Waals surface area contributed by atoms with Crippen LogP contribution in [-0.2, 0) is 29.3 Å². The molecule has 0 aromatic heterocycles. The topological polar surface area (TPSA) is 26.3 Å². The van der Waals surface area contributed by atoms with Gasteiger partial charge in [-0.05, 0) is 0 Å². The zero-order valence-electron chi connectivity index (χ0n) is 7.45. The molecule has 1 rings (SSSR count). The van der Waals surface area contributed by atoms with Crippen LogP contribution in [0.5, 0.6) is 0 Å². The minimum absolute atomic E-state index is 0.212. The van der Waals surface area contributed by atoms with Crippen LogP contribution >= 0.6 is 8.24 Å². The molecule has 0 saturated carbocycles. The van der Waals surface area contributed by atoms with Gasteiger partial charge in [-0.15, -0.1) is 0 Å². The van der Waals surface area contributed by atoms with Gasteiger partial charge in [0, 0.05) is 0 Å². The summed E-state index contributed by atoms with van der Waals surface area (Å²) in [5.41, 5.74) is 0.698. The first-order valence-corrected chi connectivity index (χ1v) is 11.7. The number of carbonyl (C=O) groups is 1. The molecule has 4 heteroatoms. The maximum absolute atomic E-state index is 11.4. The van der Waals surface area contributed by atoms with Crippen LogP contribution in [0.25, 0.3) is 0 Å². The monoisotopic (exact) mass is 383 g/mol. The van der Waals surface area contributed by atoms with Crippen molar-refractivity contribution in [3.05, 3.63) is 29.8 Å². The summed E-state index contributed by atoms with van der Waals surface area (Å²) < 4.78 is 4.94. The molecule has 13 heavy (non-hydrogen) atoms. The van der Waals surface area contributed by atoms with Gasteiger partial charge in [-0.25, -0.2) is 0 Å². The number of esters is 1. The number of hydrogen-bond donors (Lipinski definition) is 0. The summed E-state index contributed by atoms with van der Waals surface area (Å²) in [4.78, 5) is 12.5. The molecule has 0 spiro atoms. The third-order valence-electron chi connectivity index (χ3n) is 1.54. The van der Waals surface area contributed by atoms with E-state index in [0.29, 0.717) is 36.8 Å². The number of ether oxygens (including phenoxy) is 1. The van der Waals surface area contributed by atoms with Crippen LogP contribution in [-0.4, -0.2) is 12.6 Å². The van der Waals surface area contributed by atoms with Crippen molar-refractivity contribution in [3.63, 3.8) is 0 Å². The van der Waals surface area contributed by atoms with Crippen LogP contribution in [0.15, 0.2) is 29.2 Å². The average molecular weight is 382 g/mol. The summed E-state index contributed by atoms with van der Waals surface area (Å²) in [5.74, 6) is -0.212. The Morgan fingerprint density at radius 2 is 2.23 bits per heavy atom. The normalized spacial score (nSPS) is 9.77. The third kappa shape index (κ3) is 2.99. The van der Waals surface area contributed by atoms with Crippen molar-refractivity contribution in [1.82, 2.24) is 0 Å². The Bertz CT molecular complexity index is 301. The quantitative estimate of drug-likeness (QED) is 0.594. The molecule has 0 unspecified atom stereocenters. The molecular weight excluding hydrogens is 373 g/mol. The van der Waals surface area contributed by atoms with E-state index >= 15 is 0 Å². The van der Waals surface area contributed by atoms with Crippen LogP contribution in [0.3, 0.4) is 0 Å². The van der Waals surface area contributed by atoms with E-state index in [1.807, 2.05) is 31.2 Å². The molecule has 1 aromatic carbocycles. The van der Waals surface area contributed by atoms with E-state index in [9.17, 15) is 4.79 Å². The van der Waals surface area contributed by atoms with Gasteiger partial charge in [-0.3, -0.25) is 0 Å². The summed E-state index contributed by atoms with van der Waals surface area (Å²) in [6, 6.07) is 7.58. The molecule has 0 N–H and O–H groups in total. The number of rotatable bonds is 3. The molecule has 0 aliphatic carbocycles. The van der Waals surface area contributed by atoms with E-state index in [-0.39, 0.29) is 5.97 Å². The van der Waals surface area contributed by atoms with Crippen molar-refractivity contribution in [2.24, 2.45) is 0 Å². The molecule has 0 heterocycles. The predicted octanol–water partition coefficient (Wildman–Crippen LogP) is 2.42. The average Bonchev–Trinajstić information content (AvgIpc) is 2.18. The van der Waals surface area contributed by atoms with Gasteiger partial charge in [0.15, 0.2) is 0 Å². The van der Waals surface area contributed by atoms with E-state index in [4.69, 9.17) is 4.74 Å². The fourth-order valence-electron chi connectivity index (χ4n) is 0.970. The molecule has 0 bridgehead atoms. The van der Waals surface area contributed by atoms with Crippen molar-refractivity contribution in [2.45, 2.75) is 11.8 Å². The molecule has 0 atom stereocenters. The second-order valence-corrected chi connectivity index (χ2v) is 6.46. The van der Waals surface area contributed by atoms with E-state index in [2.05, 4.69) is 0 Å². The van der Waals surface area contributed by atoms with Crippen LogP contribution < -0.4 is 0 Å². The van der Waals surface area contributed by atoms with Crippen molar-refractivity contribution in [2.75, 3.05) is 6.61 Å². The van der Waals surface area contributed by atoms with E-state index in [1.54, 1.807) is 8.24 Å². The van der Waals surface area contributed by atoms with E-state index in [1.165, 1.54) is 0 Å². The van der Waals surface area contributed by atoms with Crippen LogP contribution in [0.1, 0.15) is 17.3 Å². The van der Waals surface area contributed by atoms with Gasteiger partial charge in [0.1, 0.15) is 0 Å². The van der Waals surface area contributed by atoms with Gasteiger partial charge >= 0.3 is 96.6 Å². The Hall–Kier alpha value is -0.0249. The van der Waals surface area contributed by atoms with Crippen LogP contribution in [0.4, 0.5) is 0 Å². The van der Waals surface area contributed by atoms with Crippen molar-refractivity contribution in [3.8, 4) is 0 Å². The second kappa shape index (κ2) is 5.65. The minimum atomic E-state index is -0.212. The summed E-state index contributed by atoms with van der Waals surface area (Å²) in [6.45, 7) is 2.25. The molecule has 1 aromatic rings. The Balaban J connectivity index is 2.92. The van der Waals surface area contributed by atoms with Crippen LogP contribution in [0.2, 0.25) is 0 Å². The van der Waals surface area contributed by atoms with Gasteiger partial charge in [0.2, 0.25) is 0 Å². The SMILES string of the molecule is CCOC(=O)c1ccccc1[S][Hg]. The molecule has 0 saturated heterocycles. The fourth-order valence-corrected chi connectivity index (χ4v) is 4.39. The maximum atomic E-state index is 11.4. The van der Waals surface area contributed by atoms with Crippen molar-refractivity contribution >= 4 is 14.2 Å². The summed E-state index contributed by atoms with van der Waals surface area (Å²) in [7, 11) is 1.74. The zero-order valence-corrected chi connectivity index (χ0v) is 13.8. The number of hydrogen-bond acceptors (Lipinski definition) is 3. The van der Waals surface area contributed by atoms with E-state index in [0.717, 1.165) is 4.90 Å². The van der Waals surface area contributed by atoms with Crippen molar-refractivity contribution < 1.29 is 34.1 Å². The molecular formula is C9H9HgO2S. The zero-order chi connectivity index (χ0) is 9.68. The molecule has 65 valence electrons. The molecule has 0 aliphatic heterocycles.